The number of benzene rings is 2. The van der Waals surface area contributed by atoms with Crippen LogP contribution in [0.3, 0.4) is 0 Å². The first-order valence-electron chi connectivity index (χ1n) is 18.9. The standard InChI is InChI=1S/C42H46N8O4/c1-24(2)37(49-42(53)54-3)41(52)50-19-5-7-34(50)38-44-22-32(47-38)28-12-8-26(9-13-28)27-10-14-29(15-11-27)33-23-45-39(48-33)35-30-16-17-31(30)36(35)40(51)46-21-25-6-4-18-43-20-25/h4,6,8-15,18,20,22-24,30-31,34-37H,5,7,16-17,19,21H2,1-3H3,(H,44,47)(H,45,48)(H,46,51)(H,49,53)/t30-,31?,34-,35+,36+,37-/m0/s1. The second-order valence-electron chi connectivity index (χ2n) is 15.1. The van der Waals surface area contributed by atoms with Crippen molar-refractivity contribution in [2.45, 2.75) is 64.1 Å². The van der Waals surface area contributed by atoms with Gasteiger partial charge in [0, 0.05) is 31.4 Å². The van der Waals surface area contributed by atoms with Gasteiger partial charge in [-0.25, -0.2) is 14.8 Å². The number of aromatic amines is 2. The van der Waals surface area contributed by atoms with Crippen LogP contribution in [0, 0.1) is 23.7 Å². The number of carbonyl (C=O) groups excluding carboxylic acids is 3. The highest BCUT2D eigenvalue weighted by atomic mass is 16.5. The minimum absolute atomic E-state index is 0.0564. The van der Waals surface area contributed by atoms with Gasteiger partial charge in [-0.3, -0.25) is 14.6 Å². The number of nitrogens with one attached hydrogen (secondary N) is 4. The van der Waals surface area contributed by atoms with Gasteiger partial charge in [-0.05, 0) is 77.3 Å². The van der Waals surface area contributed by atoms with Gasteiger partial charge in [0.05, 0.1) is 42.9 Å². The first-order chi connectivity index (χ1) is 26.3. The average molecular weight is 727 g/mol. The van der Waals surface area contributed by atoms with Crippen molar-refractivity contribution in [3.63, 3.8) is 0 Å². The summed E-state index contributed by atoms with van der Waals surface area (Å²) >= 11 is 0. The molecule has 2 saturated carbocycles. The molecule has 2 aliphatic carbocycles. The van der Waals surface area contributed by atoms with Crippen LogP contribution >= 0.6 is 0 Å². The predicted molar refractivity (Wildman–Crippen MR) is 203 cm³/mol. The Morgan fingerprint density at radius 2 is 1.46 bits per heavy atom. The van der Waals surface area contributed by atoms with Crippen molar-refractivity contribution in [3.8, 4) is 33.6 Å². The van der Waals surface area contributed by atoms with E-state index in [1.165, 1.54) is 7.11 Å². The average Bonchev–Trinajstić information content (AvgIpc) is 3.99. The fraction of sp³-hybridized carbons (Fsp3) is 0.381. The van der Waals surface area contributed by atoms with Gasteiger partial charge in [0.15, 0.2) is 0 Å². The Morgan fingerprint density at radius 3 is 2.06 bits per heavy atom. The van der Waals surface area contributed by atoms with Gasteiger partial charge in [0.1, 0.15) is 17.7 Å². The highest BCUT2D eigenvalue weighted by Gasteiger charge is 2.59. The van der Waals surface area contributed by atoms with E-state index < -0.39 is 12.1 Å². The Balaban J connectivity index is 0.907. The third kappa shape index (κ3) is 6.76. The molecule has 4 heterocycles. The third-order valence-electron chi connectivity index (χ3n) is 11.7. The number of likely N-dealkylation sites (tertiary alicyclic amines) is 1. The molecule has 0 bridgehead atoms. The molecule has 8 rings (SSSR count). The normalized spacial score (nSPS) is 22.1. The van der Waals surface area contributed by atoms with Crippen molar-refractivity contribution >= 4 is 17.9 Å². The summed E-state index contributed by atoms with van der Waals surface area (Å²) < 4.78 is 4.76. The molecule has 5 aromatic rings. The molecule has 6 atom stereocenters. The van der Waals surface area contributed by atoms with E-state index in [1.807, 2.05) is 43.3 Å². The lowest BCUT2D eigenvalue weighted by Crippen LogP contribution is -2.57. The summed E-state index contributed by atoms with van der Waals surface area (Å²) in [5, 5.41) is 5.84. The van der Waals surface area contributed by atoms with E-state index in [0.29, 0.717) is 24.9 Å². The summed E-state index contributed by atoms with van der Waals surface area (Å²) in [5.74, 6) is 2.52. The first-order valence-corrected chi connectivity index (χ1v) is 18.9. The molecule has 1 saturated heterocycles. The maximum Gasteiger partial charge on any atom is 0.407 e. The van der Waals surface area contributed by atoms with E-state index >= 15 is 0 Å². The molecule has 2 aromatic carbocycles. The Morgan fingerprint density at radius 1 is 0.833 bits per heavy atom. The Hall–Kier alpha value is -5.78. The number of ether oxygens (including phenoxy) is 1. The monoisotopic (exact) mass is 726 g/mol. The molecule has 3 aliphatic rings. The van der Waals surface area contributed by atoms with Crippen molar-refractivity contribution in [2.75, 3.05) is 13.7 Å². The number of methoxy groups -OCH3 is 1. The third-order valence-corrected chi connectivity index (χ3v) is 11.7. The summed E-state index contributed by atoms with van der Waals surface area (Å²) in [6, 6.07) is 19.8. The van der Waals surface area contributed by atoms with E-state index in [9.17, 15) is 14.4 Å². The van der Waals surface area contributed by atoms with Crippen molar-refractivity contribution in [2.24, 2.45) is 23.7 Å². The van der Waals surface area contributed by atoms with E-state index in [-0.39, 0.29) is 35.6 Å². The molecule has 3 aromatic heterocycles. The Labute approximate surface area is 314 Å². The van der Waals surface area contributed by atoms with Gasteiger partial charge < -0.3 is 30.2 Å². The van der Waals surface area contributed by atoms with Crippen molar-refractivity contribution in [1.29, 1.82) is 0 Å². The number of carbonyl (C=O) groups is 3. The summed E-state index contributed by atoms with van der Waals surface area (Å²) in [6.07, 6.45) is 10.5. The molecule has 0 radical (unpaired) electrons. The molecule has 12 nitrogen and oxygen atoms in total. The van der Waals surface area contributed by atoms with E-state index in [0.717, 1.165) is 76.5 Å². The molecule has 54 heavy (non-hydrogen) atoms. The van der Waals surface area contributed by atoms with Crippen LogP contribution in [-0.4, -0.2) is 67.4 Å². The van der Waals surface area contributed by atoms with Gasteiger partial charge in [-0.15, -0.1) is 0 Å². The highest BCUT2D eigenvalue weighted by Crippen LogP contribution is 2.62. The number of fused-ring (bicyclic) bond motifs is 1. The lowest BCUT2D eigenvalue weighted by molar-refractivity contribution is -0.145. The maximum absolute atomic E-state index is 13.5. The Kier molecular flexibility index (Phi) is 9.74. The predicted octanol–water partition coefficient (Wildman–Crippen LogP) is 6.63. The number of aromatic nitrogens is 5. The molecule has 0 spiro atoms. The second-order valence-corrected chi connectivity index (χ2v) is 15.1. The fourth-order valence-corrected chi connectivity index (χ4v) is 8.55. The van der Waals surface area contributed by atoms with Crippen LogP contribution in [0.5, 0.6) is 0 Å². The lowest BCUT2D eigenvalue weighted by atomic mass is 9.46. The fourth-order valence-electron chi connectivity index (χ4n) is 8.55. The topological polar surface area (TPSA) is 158 Å². The summed E-state index contributed by atoms with van der Waals surface area (Å²) in [6.45, 7) is 4.91. The highest BCUT2D eigenvalue weighted by molar-refractivity contribution is 5.86. The molecule has 4 N–H and O–H groups in total. The van der Waals surface area contributed by atoms with E-state index in [1.54, 1.807) is 12.4 Å². The molecular weight excluding hydrogens is 681 g/mol. The molecule has 12 heteroatoms. The minimum atomic E-state index is -0.676. The van der Waals surface area contributed by atoms with Crippen LogP contribution in [0.15, 0.2) is 85.5 Å². The first kappa shape index (κ1) is 35.3. The van der Waals surface area contributed by atoms with Gasteiger partial charge in [-0.2, -0.15) is 0 Å². The zero-order valence-electron chi connectivity index (χ0n) is 30.8. The van der Waals surface area contributed by atoms with Gasteiger partial charge in [0.25, 0.3) is 0 Å². The number of hydrogen-bond acceptors (Lipinski definition) is 7. The molecule has 1 aliphatic heterocycles. The molecule has 1 unspecified atom stereocenters. The minimum Gasteiger partial charge on any atom is -0.453 e. The maximum atomic E-state index is 13.5. The molecular formula is C42H46N8O4. The van der Waals surface area contributed by atoms with Gasteiger partial charge in [-0.1, -0.05) is 68.4 Å². The van der Waals surface area contributed by atoms with Crippen molar-refractivity contribution in [3.05, 3.63) is 103 Å². The lowest BCUT2D eigenvalue weighted by Gasteiger charge is -2.57. The summed E-state index contributed by atoms with van der Waals surface area (Å²) in [5.41, 5.74) is 7.04. The Bertz CT molecular complexity index is 2110. The smallest absolute Gasteiger partial charge is 0.407 e. The zero-order chi connectivity index (χ0) is 37.3. The van der Waals surface area contributed by atoms with Crippen LogP contribution in [0.2, 0.25) is 0 Å². The van der Waals surface area contributed by atoms with Crippen molar-refractivity contribution < 1.29 is 19.1 Å². The quantitative estimate of drug-likeness (QED) is 0.119. The van der Waals surface area contributed by atoms with Crippen LogP contribution in [0.25, 0.3) is 33.6 Å². The van der Waals surface area contributed by atoms with E-state index in [4.69, 9.17) is 9.72 Å². The SMILES string of the molecule is COC(=O)N[C@H](C(=O)N1CCC[C@H]1c1ncc(-c2ccc(-c3ccc(-c4cnc([C@H]5[C@H](C(=O)NCc6cccnc6)C6CC[C@@H]65)[nH]4)cc3)cc2)[nH]1)C(C)C. The number of nitrogens with zero attached hydrogens (tertiary/aromatic N) is 4. The van der Waals surface area contributed by atoms with Crippen LogP contribution < -0.4 is 10.6 Å². The van der Waals surface area contributed by atoms with Gasteiger partial charge in [0.2, 0.25) is 11.8 Å². The number of alkyl carbamates (subject to hydrolysis) is 1. The molecule has 3 amide bonds. The van der Waals surface area contributed by atoms with Crippen LogP contribution in [0.1, 0.15) is 68.7 Å². The summed E-state index contributed by atoms with van der Waals surface area (Å²) in [7, 11) is 1.30. The van der Waals surface area contributed by atoms with Crippen LogP contribution in [-0.2, 0) is 20.9 Å². The number of hydrogen-bond donors (Lipinski definition) is 4. The number of rotatable bonds is 11. The summed E-state index contributed by atoms with van der Waals surface area (Å²) in [4.78, 5) is 61.2. The zero-order valence-corrected chi connectivity index (χ0v) is 30.8. The number of imidazole rings is 2. The molecule has 3 fully saturated rings. The van der Waals surface area contributed by atoms with Gasteiger partial charge >= 0.3 is 6.09 Å². The number of H-pyrrole nitrogens is 2. The number of pyridine rings is 1. The molecule has 278 valence electrons. The van der Waals surface area contributed by atoms with Crippen molar-refractivity contribution in [1.82, 2.24) is 40.5 Å². The van der Waals surface area contributed by atoms with E-state index in [2.05, 4.69) is 79.1 Å². The second kappa shape index (κ2) is 14.9. The van der Waals surface area contributed by atoms with Crippen LogP contribution in [0.4, 0.5) is 4.79 Å². The largest absolute Gasteiger partial charge is 0.453 e. The number of amides is 3.